The summed E-state index contributed by atoms with van der Waals surface area (Å²) in [5, 5.41) is 3.37. The number of rotatable bonds is 3. The second kappa shape index (κ2) is 6.13. The van der Waals surface area contributed by atoms with Gasteiger partial charge in [-0.1, -0.05) is 18.2 Å². The summed E-state index contributed by atoms with van der Waals surface area (Å²) in [6, 6.07) is 13.2. The number of hydrogen-bond acceptors (Lipinski definition) is 2. The number of amides is 1. The predicted octanol–water partition coefficient (Wildman–Crippen LogP) is 3.29. The number of benzene rings is 2. The van der Waals surface area contributed by atoms with Crippen LogP contribution >= 0.6 is 0 Å². The third-order valence-corrected chi connectivity index (χ3v) is 3.79. The first-order valence-electron chi connectivity index (χ1n) is 7.19. The number of nitrogens with one attached hydrogen (secondary N) is 1. The summed E-state index contributed by atoms with van der Waals surface area (Å²) in [5.41, 5.74) is 1.19. The van der Waals surface area contributed by atoms with E-state index in [0.29, 0.717) is 13.1 Å². The van der Waals surface area contributed by atoms with Crippen molar-refractivity contribution >= 4 is 11.6 Å². The first-order chi connectivity index (χ1) is 10.6. The quantitative estimate of drug-likeness (QED) is 0.943. The molecule has 114 valence electrons. The molecule has 1 fully saturated rings. The van der Waals surface area contributed by atoms with E-state index in [9.17, 15) is 13.6 Å². The zero-order valence-corrected chi connectivity index (χ0v) is 11.9. The molecule has 3 nitrogen and oxygen atoms in total. The van der Waals surface area contributed by atoms with Crippen LogP contribution in [-0.4, -0.2) is 29.9 Å². The molecule has 2 aromatic carbocycles. The van der Waals surface area contributed by atoms with E-state index in [1.165, 1.54) is 6.07 Å². The second-order valence-corrected chi connectivity index (χ2v) is 5.38. The Morgan fingerprint density at radius 3 is 2.59 bits per heavy atom. The van der Waals surface area contributed by atoms with Crippen molar-refractivity contribution in [2.24, 2.45) is 0 Å². The van der Waals surface area contributed by atoms with E-state index in [2.05, 4.69) is 5.32 Å². The highest BCUT2D eigenvalue weighted by Crippen LogP contribution is 2.18. The topological polar surface area (TPSA) is 32.3 Å². The van der Waals surface area contributed by atoms with Gasteiger partial charge in [0.1, 0.15) is 0 Å². The van der Waals surface area contributed by atoms with Crippen molar-refractivity contribution in [3.63, 3.8) is 0 Å². The smallest absolute Gasteiger partial charge is 0.254 e. The molecule has 0 saturated carbocycles. The molecule has 0 unspecified atom stereocenters. The van der Waals surface area contributed by atoms with Crippen LogP contribution in [0.15, 0.2) is 48.5 Å². The Morgan fingerprint density at radius 1 is 1.09 bits per heavy atom. The summed E-state index contributed by atoms with van der Waals surface area (Å²) in [5.74, 6) is -2.21. The van der Waals surface area contributed by atoms with Gasteiger partial charge in [0.15, 0.2) is 11.6 Å². The zero-order valence-electron chi connectivity index (χ0n) is 11.9. The maximum absolute atomic E-state index is 13.2. The van der Waals surface area contributed by atoms with Gasteiger partial charge in [-0.3, -0.25) is 4.79 Å². The van der Waals surface area contributed by atoms with Gasteiger partial charge < -0.3 is 10.2 Å². The van der Waals surface area contributed by atoms with Crippen LogP contribution in [0.1, 0.15) is 16.8 Å². The molecular formula is C17H16F2N2O. The van der Waals surface area contributed by atoms with Gasteiger partial charge in [-0.05, 0) is 36.8 Å². The molecular weight excluding hydrogens is 286 g/mol. The molecule has 1 amide bonds. The fourth-order valence-electron chi connectivity index (χ4n) is 2.64. The van der Waals surface area contributed by atoms with Crippen molar-refractivity contribution < 1.29 is 13.6 Å². The fourth-order valence-corrected chi connectivity index (χ4v) is 2.64. The van der Waals surface area contributed by atoms with Crippen LogP contribution in [0.2, 0.25) is 0 Å². The largest absolute Gasteiger partial charge is 0.380 e. The van der Waals surface area contributed by atoms with E-state index in [4.69, 9.17) is 0 Å². The van der Waals surface area contributed by atoms with Crippen molar-refractivity contribution in [2.75, 3.05) is 18.4 Å². The molecule has 5 heteroatoms. The normalized spacial score (nSPS) is 17.5. The van der Waals surface area contributed by atoms with Gasteiger partial charge in [0.25, 0.3) is 5.91 Å². The van der Waals surface area contributed by atoms with Crippen molar-refractivity contribution in [3.05, 3.63) is 65.7 Å². The maximum atomic E-state index is 13.2. The first kappa shape index (κ1) is 14.5. The Bertz CT molecular complexity index is 676. The summed E-state index contributed by atoms with van der Waals surface area (Å²) in [6.45, 7) is 1.15. The van der Waals surface area contributed by atoms with Gasteiger partial charge in [-0.15, -0.1) is 0 Å². The molecule has 1 aliphatic heterocycles. The molecule has 0 bridgehead atoms. The SMILES string of the molecule is O=C(c1ccc(F)c(F)c1)N1CC[C@@H](Nc2ccccc2)C1. The minimum Gasteiger partial charge on any atom is -0.380 e. The molecule has 0 spiro atoms. The van der Waals surface area contributed by atoms with E-state index in [0.717, 1.165) is 24.2 Å². The van der Waals surface area contributed by atoms with Crippen LogP contribution in [0, 0.1) is 11.6 Å². The van der Waals surface area contributed by atoms with Gasteiger partial charge in [0.2, 0.25) is 0 Å². The van der Waals surface area contributed by atoms with Gasteiger partial charge in [-0.25, -0.2) is 8.78 Å². The lowest BCUT2D eigenvalue weighted by atomic mass is 10.2. The van der Waals surface area contributed by atoms with Crippen LogP contribution in [0.4, 0.5) is 14.5 Å². The Hall–Kier alpha value is -2.43. The Kier molecular flexibility index (Phi) is 4.04. The van der Waals surface area contributed by atoms with Gasteiger partial charge in [0.05, 0.1) is 0 Å². The Balaban J connectivity index is 1.64. The van der Waals surface area contributed by atoms with Crippen molar-refractivity contribution in [1.82, 2.24) is 4.90 Å². The van der Waals surface area contributed by atoms with Gasteiger partial charge in [-0.2, -0.15) is 0 Å². The monoisotopic (exact) mass is 302 g/mol. The zero-order chi connectivity index (χ0) is 15.5. The lowest BCUT2D eigenvalue weighted by molar-refractivity contribution is 0.0791. The van der Waals surface area contributed by atoms with E-state index in [1.54, 1.807) is 4.90 Å². The Labute approximate surface area is 127 Å². The third-order valence-electron chi connectivity index (χ3n) is 3.79. The molecule has 1 atom stereocenters. The highest BCUT2D eigenvalue weighted by Gasteiger charge is 2.27. The molecule has 2 aromatic rings. The number of anilines is 1. The van der Waals surface area contributed by atoms with Crippen LogP contribution in [0.25, 0.3) is 0 Å². The van der Waals surface area contributed by atoms with E-state index in [-0.39, 0.29) is 17.5 Å². The molecule has 22 heavy (non-hydrogen) atoms. The predicted molar refractivity (Wildman–Crippen MR) is 80.7 cm³/mol. The third kappa shape index (κ3) is 3.08. The highest BCUT2D eigenvalue weighted by atomic mass is 19.2. The average molecular weight is 302 g/mol. The summed E-state index contributed by atoms with van der Waals surface area (Å²) < 4.78 is 26.2. The maximum Gasteiger partial charge on any atom is 0.254 e. The molecule has 1 N–H and O–H groups in total. The molecule has 0 aromatic heterocycles. The van der Waals surface area contributed by atoms with E-state index < -0.39 is 11.6 Å². The van der Waals surface area contributed by atoms with Crippen LogP contribution in [-0.2, 0) is 0 Å². The van der Waals surface area contributed by atoms with Gasteiger partial charge in [0, 0.05) is 30.4 Å². The molecule has 0 radical (unpaired) electrons. The molecule has 1 aliphatic rings. The number of halogens is 2. The Morgan fingerprint density at radius 2 is 1.86 bits per heavy atom. The average Bonchev–Trinajstić information content (AvgIpc) is 2.99. The standard InChI is InChI=1S/C17H16F2N2O/c18-15-7-6-12(10-16(15)19)17(22)21-9-8-14(11-21)20-13-4-2-1-3-5-13/h1-7,10,14,20H,8-9,11H2/t14-/m1/s1. The minimum atomic E-state index is -0.996. The minimum absolute atomic E-state index is 0.164. The summed E-state index contributed by atoms with van der Waals surface area (Å²) in [6.07, 6.45) is 0.824. The molecule has 3 rings (SSSR count). The summed E-state index contributed by atoms with van der Waals surface area (Å²) in [4.78, 5) is 14.0. The highest BCUT2D eigenvalue weighted by molar-refractivity contribution is 5.94. The number of carbonyl (C=O) groups excluding carboxylic acids is 1. The number of hydrogen-bond donors (Lipinski definition) is 1. The van der Waals surface area contributed by atoms with E-state index >= 15 is 0 Å². The summed E-state index contributed by atoms with van der Waals surface area (Å²) in [7, 11) is 0. The van der Waals surface area contributed by atoms with E-state index in [1.807, 2.05) is 30.3 Å². The lowest BCUT2D eigenvalue weighted by Gasteiger charge is -2.18. The molecule has 1 saturated heterocycles. The van der Waals surface area contributed by atoms with Crippen molar-refractivity contribution in [2.45, 2.75) is 12.5 Å². The number of likely N-dealkylation sites (tertiary alicyclic amines) is 1. The number of carbonyl (C=O) groups is 1. The van der Waals surface area contributed by atoms with Crippen molar-refractivity contribution in [3.8, 4) is 0 Å². The van der Waals surface area contributed by atoms with Gasteiger partial charge >= 0.3 is 0 Å². The van der Waals surface area contributed by atoms with Crippen molar-refractivity contribution in [1.29, 1.82) is 0 Å². The number of nitrogens with zero attached hydrogens (tertiary/aromatic N) is 1. The molecule has 1 heterocycles. The van der Waals surface area contributed by atoms with Crippen LogP contribution in [0.5, 0.6) is 0 Å². The van der Waals surface area contributed by atoms with Crippen LogP contribution in [0.3, 0.4) is 0 Å². The fraction of sp³-hybridized carbons (Fsp3) is 0.235. The molecule has 0 aliphatic carbocycles. The lowest BCUT2D eigenvalue weighted by Crippen LogP contribution is -2.31. The first-order valence-corrected chi connectivity index (χ1v) is 7.19. The number of para-hydroxylation sites is 1. The van der Waals surface area contributed by atoms with Crippen LogP contribution < -0.4 is 5.32 Å². The summed E-state index contributed by atoms with van der Waals surface area (Å²) >= 11 is 0. The second-order valence-electron chi connectivity index (χ2n) is 5.38.